The van der Waals surface area contributed by atoms with Crippen LogP contribution in [-0.4, -0.2) is 24.7 Å². The Morgan fingerprint density at radius 1 is 1.50 bits per heavy atom. The average molecular weight is 254 g/mol. The van der Waals surface area contributed by atoms with Crippen molar-refractivity contribution in [2.45, 2.75) is 31.9 Å². The fourth-order valence-corrected chi connectivity index (χ4v) is 1.56. The summed E-state index contributed by atoms with van der Waals surface area (Å²) >= 11 is 0. The molecule has 0 heterocycles. The number of hydrogen-bond donors (Lipinski definition) is 2. The van der Waals surface area contributed by atoms with Gasteiger partial charge in [-0.3, -0.25) is 4.79 Å². The average Bonchev–Trinajstić information content (AvgIpc) is 2.30. The Bertz CT molecular complexity index is 421. The Hall–Kier alpha value is -1.62. The number of para-hydroxylation sites is 1. The quantitative estimate of drug-likeness (QED) is 0.815. The number of amides is 1. The molecule has 3 N–H and O–H groups in total. The van der Waals surface area contributed by atoms with Crippen molar-refractivity contribution in [1.29, 1.82) is 0 Å². The number of ether oxygens (including phenoxy) is 1. The minimum absolute atomic E-state index is 0.258. The first kappa shape index (κ1) is 14.4. The monoisotopic (exact) mass is 254 g/mol. The lowest BCUT2D eigenvalue weighted by atomic mass is 9.98. The third-order valence-electron chi connectivity index (χ3n) is 2.80. The molecule has 0 bridgehead atoms. The lowest BCUT2D eigenvalue weighted by Crippen LogP contribution is -2.42. The van der Waals surface area contributed by atoms with Gasteiger partial charge in [-0.25, -0.2) is 4.39 Å². The van der Waals surface area contributed by atoms with E-state index in [-0.39, 0.29) is 5.69 Å². The summed E-state index contributed by atoms with van der Waals surface area (Å²) in [6.45, 7) is 3.68. The van der Waals surface area contributed by atoms with Gasteiger partial charge in [-0.05, 0) is 26.0 Å². The van der Waals surface area contributed by atoms with Crippen LogP contribution in [-0.2, 0) is 9.53 Å². The van der Waals surface area contributed by atoms with Gasteiger partial charge in [0.25, 0.3) is 0 Å². The largest absolute Gasteiger partial charge is 0.379 e. The van der Waals surface area contributed by atoms with Crippen molar-refractivity contribution in [2.75, 3.05) is 12.4 Å². The zero-order valence-electron chi connectivity index (χ0n) is 10.9. The van der Waals surface area contributed by atoms with Crippen LogP contribution in [0.3, 0.4) is 0 Å². The van der Waals surface area contributed by atoms with E-state index in [4.69, 9.17) is 10.5 Å². The smallest absolute Gasteiger partial charge is 0.240 e. The number of nitrogens with two attached hydrogens (primary N) is 1. The molecule has 1 rings (SSSR count). The number of carbonyl (C=O) groups is 1. The topological polar surface area (TPSA) is 64.3 Å². The zero-order chi connectivity index (χ0) is 13.8. The maximum atomic E-state index is 13.5. The van der Waals surface area contributed by atoms with Crippen molar-refractivity contribution < 1.29 is 13.9 Å². The number of rotatable bonds is 6. The summed E-state index contributed by atoms with van der Waals surface area (Å²) in [7, 11) is 1.56. The first-order valence-corrected chi connectivity index (χ1v) is 5.71. The van der Waals surface area contributed by atoms with Gasteiger partial charge in [0, 0.05) is 13.5 Å². The highest BCUT2D eigenvalue weighted by molar-refractivity contribution is 5.83. The second kappa shape index (κ2) is 5.82. The van der Waals surface area contributed by atoms with Crippen molar-refractivity contribution in [1.82, 2.24) is 0 Å². The molecule has 18 heavy (non-hydrogen) atoms. The standard InChI is InChI=1S/C13H19FN2O2/c1-13(2,18-3)8-11(12(15)17)16-10-7-5-4-6-9(10)14/h4-7,11,16H,8H2,1-3H3,(H2,15,17). The molecule has 0 spiro atoms. The fraction of sp³-hybridized carbons (Fsp3) is 0.462. The second-order valence-electron chi connectivity index (χ2n) is 4.75. The van der Waals surface area contributed by atoms with E-state index in [9.17, 15) is 9.18 Å². The number of primary amides is 1. The molecule has 0 aromatic heterocycles. The van der Waals surface area contributed by atoms with Gasteiger partial charge in [-0.2, -0.15) is 0 Å². The van der Waals surface area contributed by atoms with E-state index >= 15 is 0 Å². The molecule has 1 aromatic rings. The lowest BCUT2D eigenvalue weighted by Gasteiger charge is -2.28. The first-order chi connectivity index (χ1) is 8.35. The first-order valence-electron chi connectivity index (χ1n) is 5.71. The highest BCUT2D eigenvalue weighted by Gasteiger charge is 2.26. The Morgan fingerprint density at radius 3 is 2.61 bits per heavy atom. The molecule has 0 saturated heterocycles. The normalized spacial score (nSPS) is 13.1. The van der Waals surface area contributed by atoms with Gasteiger partial charge in [-0.1, -0.05) is 12.1 Å². The van der Waals surface area contributed by atoms with Gasteiger partial charge in [0.2, 0.25) is 5.91 Å². The summed E-state index contributed by atoms with van der Waals surface area (Å²) in [4.78, 5) is 11.4. The highest BCUT2D eigenvalue weighted by Crippen LogP contribution is 2.20. The lowest BCUT2D eigenvalue weighted by molar-refractivity contribution is -0.120. The summed E-state index contributed by atoms with van der Waals surface area (Å²) in [5.74, 6) is -0.956. The number of carbonyl (C=O) groups excluding carboxylic acids is 1. The molecule has 4 nitrogen and oxygen atoms in total. The summed E-state index contributed by atoms with van der Waals surface area (Å²) in [5.41, 5.74) is 5.06. The van der Waals surface area contributed by atoms with Gasteiger partial charge in [0.1, 0.15) is 11.9 Å². The van der Waals surface area contributed by atoms with Crippen molar-refractivity contribution in [3.05, 3.63) is 30.1 Å². The maximum absolute atomic E-state index is 13.5. The van der Waals surface area contributed by atoms with E-state index in [1.54, 1.807) is 25.3 Å². The number of nitrogens with one attached hydrogen (secondary N) is 1. The maximum Gasteiger partial charge on any atom is 0.240 e. The van der Waals surface area contributed by atoms with Crippen LogP contribution in [0.5, 0.6) is 0 Å². The molecule has 0 aliphatic rings. The Balaban J connectivity index is 2.82. The van der Waals surface area contributed by atoms with Crippen LogP contribution in [0.4, 0.5) is 10.1 Å². The van der Waals surface area contributed by atoms with Crippen LogP contribution < -0.4 is 11.1 Å². The van der Waals surface area contributed by atoms with Crippen molar-refractivity contribution in [3.63, 3.8) is 0 Å². The number of halogens is 1. The van der Waals surface area contributed by atoms with Gasteiger partial charge in [0.05, 0.1) is 11.3 Å². The van der Waals surface area contributed by atoms with E-state index in [0.29, 0.717) is 6.42 Å². The molecule has 1 atom stereocenters. The van der Waals surface area contributed by atoms with Gasteiger partial charge >= 0.3 is 0 Å². The Labute approximate surface area is 106 Å². The van der Waals surface area contributed by atoms with Crippen LogP contribution in [0.1, 0.15) is 20.3 Å². The Morgan fingerprint density at radius 2 is 2.11 bits per heavy atom. The minimum atomic E-state index is -0.683. The van der Waals surface area contributed by atoms with Crippen LogP contribution in [0.15, 0.2) is 24.3 Å². The summed E-state index contributed by atoms with van der Waals surface area (Å²) in [6, 6.07) is 5.47. The molecule has 5 heteroatoms. The summed E-state index contributed by atoms with van der Waals surface area (Å²) in [5, 5.41) is 2.81. The molecule has 1 aromatic carbocycles. The molecule has 1 unspecified atom stereocenters. The predicted octanol–water partition coefficient (Wildman–Crippen LogP) is 1.91. The molecular weight excluding hydrogens is 235 g/mol. The van der Waals surface area contributed by atoms with E-state index < -0.39 is 23.4 Å². The highest BCUT2D eigenvalue weighted by atomic mass is 19.1. The SMILES string of the molecule is COC(C)(C)CC(Nc1ccccc1F)C(N)=O. The molecule has 0 aliphatic heterocycles. The number of hydrogen-bond acceptors (Lipinski definition) is 3. The van der Waals surface area contributed by atoms with Crippen molar-refractivity contribution in [2.24, 2.45) is 5.73 Å². The fourth-order valence-electron chi connectivity index (χ4n) is 1.56. The second-order valence-corrected chi connectivity index (χ2v) is 4.75. The molecule has 0 fully saturated rings. The van der Waals surface area contributed by atoms with Crippen molar-refractivity contribution >= 4 is 11.6 Å². The minimum Gasteiger partial charge on any atom is -0.379 e. The van der Waals surface area contributed by atoms with E-state index in [0.717, 1.165) is 0 Å². The van der Waals surface area contributed by atoms with Crippen LogP contribution >= 0.6 is 0 Å². The van der Waals surface area contributed by atoms with Crippen LogP contribution in [0.25, 0.3) is 0 Å². The van der Waals surface area contributed by atoms with E-state index in [1.165, 1.54) is 6.07 Å². The third-order valence-corrected chi connectivity index (χ3v) is 2.80. The van der Waals surface area contributed by atoms with Gasteiger partial charge in [-0.15, -0.1) is 0 Å². The summed E-state index contributed by atoms with van der Waals surface area (Å²) in [6.07, 6.45) is 0.354. The number of methoxy groups -OCH3 is 1. The molecule has 100 valence electrons. The van der Waals surface area contributed by atoms with Crippen molar-refractivity contribution in [3.8, 4) is 0 Å². The molecule has 0 saturated carbocycles. The predicted molar refractivity (Wildman–Crippen MR) is 68.7 cm³/mol. The van der Waals surface area contributed by atoms with Gasteiger partial charge < -0.3 is 15.8 Å². The van der Waals surface area contributed by atoms with Gasteiger partial charge in [0.15, 0.2) is 0 Å². The number of benzene rings is 1. The van der Waals surface area contributed by atoms with E-state index in [1.807, 2.05) is 13.8 Å². The number of anilines is 1. The van der Waals surface area contributed by atoms with Crippen LogP contribution in [0.2, 0.25) is 0 Å². The zero-order valence-corrected chi connectivity index (χ0v) is 10.9. The van der Waals surface area contributed by atoms with E-state index in [2.05, 4.69) is 5.32 Å². The summed E-state index contributed by atoms with van der Waals surface area (Å²) < 4.78 is 18.7. The molecule has 1 amide bonds. The molecular formula is C13H19FN2O2. The third kappa shape index (κ3) is 4.00. The Kier molecular flexibility index (Phi) is 4.67. The molecule has 0 aliphatic carbocycles. The van der Waals surface area contributed by atoms with Crippen LogP contribution in [0, 0.1) is 5.82 Å². The molecule has 0 radical (unpaired) electrons.